The zero-order valence-electron chi connectivity index (χ0n) is 15.2. The number of aromatic nitrogens is 1. The molecule has 0 aliphatic carbocycles. The van der Waals surface area contributed by atoms with E-state index in [1.165, 1.54) is 10.8 Å². The third kappa shape index (κ3) is 2.81. The molecule has 1 amide bonds. The Labute approximate surface area is 160 Å². The standard InChI is InChI=1S/C21H19N3O4/c1-21(19(22)26)11-15-9-13(12-25)5-6-17(15)23-18(21)14-3-2-4-16(10-14)24-7-8-28-20(24)27/h2-10,12,18,23H,11H2,1H3,(H2,22,26). The molecule has 28 heavy (non-hydrogen) atoms. The summed E-state index contributed by atoms with van der Waals surface area (Å²) in [5.74, 6) is -0.934. The fourth-order valence-electron chi connectivity index (χ4n) is 3.78. The van der Waals surface area contributed by atoms with Gasteiger partial charge in [0.25, 0.3) is 0 Å². The predicted molar refractivity (Wildman–Crippen MR) is 104 cm³/mol. The van der Waals surface area contributed by atoms with Gasteiger partial charge in [-0.25, -0.2) is 9.36 Å². The number of hydrogen-bond acceptors (Lipinski definition) is 5. The number of nitrogens with zero attached hydrogens (tertiary/aromatic N) is 1. The molecule has 2 atom stereocenters. The van der Waals surface area contributed by atoms with E-state index < -0.39 is 23.1 Å². The average Bonchev–Trinajstić information content (AvgIpc) is 3.13. The van der Waals surface area contributed by atoms with Gasteiger partial charge in [0, 0.05) is 11.3 Å². The number of carbonyl (C=O) groups excluding carboxylic acids is 2. The number of fused-ring (bicyclic) bond motifs is 1. The Morgan fingerprint density at radius 3 is 2.82 bits per heavy atom. The highest BCUT2D eigenvalue weighted by Gasteiger charge is 2.44. The molecular formula is C21H19N3O4. The van der Waals surface area contributed by atoms with E-state index in [9.17, 15) is 14.4 Å². The van der Waals surface area contributed by atoms with E-state index in [4.69, 9.17) is 10.2 Å². The molecule has 1 aromatic heterocycles. The number of nitrogens with one attached hydrogen (secondary N) is 1. The van der Waals surface area contributed by atoms with Gasteiger partial charge in [-0.2, -0.15) is 0 Å². The number of carbonyl (C=O) groups is 2. The number of aldehydes is 1. The molecule has 0 spiro atoms. The molecular weight excluding hydrogens is 358 g/mol. The van der Waals surface area contributed by atoms with Gasteiger partial charge >= 0.3 is 5.76 Å². The zero-order valence-corrected chi connectivity index (χ0v) is 15.2. The van der Waals surface area contributed by atoms with Gasteiger partial charge in [0.1, 0.15) is 12.5 Å². The van der Waals surface area contributed by atoms with Crippen LogP contribution in [0.1, 0.15) is 34.5 Å². The van der Waals surface area contributed by atoms with Gasteiger partial charge in [-0.1, -0.05) is 12.1 Å². The summed E-state index contributed by atoms with van der Waals surface area (Å²) in [5, 5.41) is 3.40. The molecule has 0 fully saturated rings. The molecule has 7 nitrogen and oxygen atoms in total. The topological polar surface area (TPSA) is 107 Å². The molecule has 2 aromatic carbocycles. The summed E-state index contributed by atoms with van der Waals surface area (Å²) in [6.07, 6.45) is 4.04. The molecule has 4 rings (SSSR count). The van der Waals surface area contributed by atoms with Crippen LogP contribution in [-0.4, -0.2) is 16.8 Å². The van der Waals surface area contributed by atoms with Crippen molar-refractivity contribution in [1.29, 1.82) is 0 Å². The van der Waals surface area contributed by atoms with E-state index in [1.54, 1.807) is 31.3 Å². The highest BCUT2D eigenvalue weighted by atomic mass is 16.4. The zero-order chi connectivity index (χ0) is 19.9. The Morgan fingerprint density at radius 2 is 2.14 bits per heavy atom. The number of nitrogens with two attached hydrogens (primary N) is 1. The highest BCUT2D eigenvalue weighted by Crippen LogP contribution is 2.45. The van der Waals surface area contributed by atoms with Crippen molar-refractivity contribution >= 4 is 17.9 Å². The van der Waals surface area contributed by atoms with Crippen LogP contribution < -0.4 is 16.8 Å². The summed E-state index contributed by atoms with van der Waals surface area (Å²) in [5.41, 5.74) is 8.58. The molecule has 2 heterocycles. The number of amides is 1. The fourth-order valence-corrected chi connectivity index (χ4v) is 3.78. The third-order valence-corrected chi connectivity index (χ3v) is 5.38. The van der Waals surface area contributed by atoms with Crippen LogP contribution in [0.25, 0.3) is 5.69 Å². The summed E-state index contributed by atoms with van der Waals surface area (Å²) in [6, 6.07) is 12.3. The predicted octanol–water partition coefficient (Wildman–Crippen LogP) is 2.44. The molecule has 1 aliphatic rings. The molecule has 142 valence electrons. The summed E-state index contributed by atoms with van der Waals surface area (Å²) >= 11 is 0. The fraction of sp³-hybridized carbons (Fsp3) is 0.190. The van der Waals surface area contributed by atoms with Crippen LogP contribution >= 0.6 is 0 Å². The summed E-state index contributed by atoms with van der Waals surface area (Å²) in [6.45, 7) is 1.81. The van der Waals surface area contributed by atoms with Crippen LogP contribution in [0.2, 0.25) is 0 Å². The maximum atomic E-state index is 12.4. The van der Waals surface area contributed by atoms with Gasteiger partial charge < -0.3 is 15.5 Å². The lowest BCUT2D eigenvalue weighted by Gasteiger charge is -2.41. The maximum Gasteiger partial charge on any atom is 0.423 e. The van der Waals surface area contributed by atoms with E-state index in [0.717, 1.165) is 23.1 Å². The lowest BCUT2D eigenvalue weighted by molar-refractivity contribution is -0.127. The van der Waals surface area contributed by atoms with Gasteiger partial charge in [-0.15, -0.1) is 0 Å². The minimum absolute atomic E-state index is 0.396. The van der Waals surface area contributed by atoms with Crippen LogP contribution in [-0.2, 0) is 11.2 Å². The second kappa shape index (κ2) is 6.53. The lowest BCUT2D eigenvalue weighted by atomic mass is 9.70. The van der Waals surface area contributed by atoms with Gasteiger partial charge in [-0.3, -0.25) is 9.59 Å². The maximum absolute atomic E-state index is 12.4. The number of oxazole rings is 1. The number of hydrogen-bond donors (Lipinski definition) is 2. The number of benzene rings is 2. The van der Waals surface area contributed by atoms with Crippen molar-refractivity contribution in [2.24, 2.45) is 11.1 Å². The van der Waals surface area contributed by atoms with Crippen molar-refractivity contribution in [1.82, 2.24) is 4.57 Å². The second-order valence-corrected chi connectivity index (χ2v) is 7.20. The van der Waals surface area contributed by atoms with Gasteiger partial charge in [0.05, 0.1) is 23.3 Å². The molecule has 0 bridgehead atoms. The number of primary amides is 1. The Hall–Kier alpha value is -3.61. The first-order valence-corrected chi connectivity index (χ1v) is 8.83. The van der Waals surface area contributed by atoms with Crippen molar-refractivity contribution in [3.63, 3.8) is 0 Å². The first-order chi connectivity index (χ1) is 13.4. The molecule has 0 saturated carbocycles. The number of anilines is 1. The first-order valence-electron chi connectivity index (χ1n) is 8.83. The monoisotopic (exact) mass is 377 g/mol. The van der Waals surface area contributed by atoms with E-state index in [-0.39, 0.29) is 0 Å². The summed E-state index contributed by atoms with van der Waals surface area (Å²) in [4.78, 5) is 35.4. The Balaban J connectivity index is 1.81. The van der Waals surface area contributed by atoms with E-state index in [1.807, 2.05) is 24.3 Å². The molecule has 7 heteroatoms. The molecule has 3 aromatic rings. The quantitative estimate of drug-likeness (QED) is 0.679. The molecule has 0 radical (unpaired) electrons. The highest BCUT2D eigenvalue weighted by molar-refractivity contribution is 5.85. The molecule has 2 unspecified atom stereocenters. The van der Waals surface area contributed by atoms with E-state index in [2.05, 4.69) is 5.32 Å². The van der Waals surface area contributed by atoms with Crippen molar-refractivity contribution < 1.29 is 14.0 Å². The minimum atomic E-state index is -0.922. The van der Waals surface area contributed by atoms with Crippen molar-refractivity contribution in [3.8, 4) is 5.69 Å². The first kappa shape index (κ1) is 17.8. The SMILES string of the molecule is CC1(C(N)=O)Cc2cc(C=O)ccc2NC1c1cccc(-n2ccoc2=O)c1. The smallest absolute Gasteiger partial charge is 0.416 e. The van der Waals surface area contributed by atoms with E-state index >= 15 is 0 Å². The van der Waals surface area contributed by atoms with Crippen molar-refractivity contribution in [2.45, 2.75) is 19.4 Å². The lowest BCUT2D eigenvalue weighted by Crippen LogP contribution is -2.46. The Bertz CT molecular complexity index is 1130. The van der Waals surface area contributed by atoms with Crippen LogP contribution in [0.5, 0.6) is 0 Å². The molecule has 0 saturated heterocycles. The third-order valence-electron chi connectivity index (χ3n) is 5.38. The van der Waals surface area contributed by atoms with Gasteiger partial charge in [0.2, 0.25) is 5.91 Å². The average molecular weight is 377 g/mol. The number of rotatable bonds is 4. The second-order valence-electron chi connectivity index (χ2n) is 7.20. The molecule has 1 aliphatic heterocycles. The largest absolute Gasteiger partial charge is 0.423 e. The normalized spacial score (nSPS) is 20.8. The van der Waals surface area contributed by atoms with Crippen LogP contribution in [0, 0.1) is 5.41 Å². The Morgan fingerprint density at radius 1 is 1.32 bits per heavy atom. The van der Waals surface area contributed by atoms with Crippen molar-refractivity contribution in [2.75, 3.05) is 5.32 Å². The van der Waals surface area contributed by atoms with Gasteiger partial charge in [-0.05, 0) is 54.8 Å². The van der Waals surface area contributed by atoms with E-state index in [0.29, 0.717) is 17.7 Å². The van der Waals surface area contributed by atoms with Gasteiger partial charge in [0.15, 0.2) is 0 Å². The van der Waals surface area contributed by atoms with Crippen LogP contribution in [0.4, 0.5) is 5.69 Å². The van der Waals surface area contributed by atoms with Crippen molar-refractivity contribution in [3.05, 3.63) is 82.2 Å². The van der Waals surface area contributed by atoms with Crippen LogP contribution in [0.15, 0.2) is 64.1 Å². The summed E-state index contributed by atoms with van der Waals surface area (Å²) < 4.78 is 6.23. The minimum Gasteiger partial charge on any atom is -0.416 e. The Kier molecular flexibility index (Phi) is 4.15. The van der Waals surface area contributed by atoms with Crippen LogP contribution in [0.3, 0.4) is 0 Å². The molecule has 3 N–H and O–H groups in total. The summed E-state index contributed by atoms with van der Waals surface area (Å²) in [7, 11) is 0.